The lowest BCUT2D eigenvalue weighted by atomic mass is 9.72. The minimum atomic E-state index is 0.683. The van der Waals surface area contributed by atoms with Crippen LogP contribution in [0.5, 0.6) is 0 Å². The number of hydrogen-bond donors (Lipinski definition) is 0. The van der Waals surface area contributed by atoms with E-state index >= 15 is 0 Å². The van der Waals surface area contributed by atoms with Gasteiger partial charge in [0.05, 0.1) is 0 Å². The number of nitrogens with zero attached hydrogens (tertiary/aromatic N) is 2. The van der Waals surface area contributed by atoms with E-state index < -0.39 is 0 Å². The van der Waals surface area contributed by atoms with Crippen molar-refractivity contribution in [1.82, 2.24) is 9.97 Å². The van der Waals surface area contributed by atoms with Gasteiger partial charge in [-0.05, 0) is 36.7 Å². The molecule has 0 bridgehead atoms. The van der Waals surface area contributed by atoms with E-state index in [2.05, 4.69) is 29.5 Å². The molecule has 0 spiro atoms. The summed E-state index contributed by atoms with van der Waals surface area (Å²) < 4.78 is 0. The quantitative estimate of drug-likeness (QED) is 0.725. The normalized spacial score (nSPS) is 29.9. The maximum atomic E-state index is 4.32. The van der Waals surface area contributed by atoms with Crippen LogP contribution < -0.4 is 0 Å². The van der Waals surface area contributed by atoms with Crippen LogP contribution in [0.25, 0.3) is 0 Å². The second-order valence-corrected chi connectivity index (χ2v) is 4.82. The fourth-order valence-corrected chi connectivity index (χ4v) is 2.78. The highest BCUT2D eigenvalue weighted by molar-refractivity contribution is 4.95. The Hall–Kier alpha value is -1.18. The third-order valence-electron chi connectivity index (χ3n) is 3.90. The Morgan fingerprint density at radius 3 is 2.81 bits per heavy atom. The molecule has 0 saturated heterocycles. The van der Waals surface area contributed by atoms with Gasteiger partial charge in [0.1, 0.15) is 5.82 Å². The van der Waals surface area contributed by atoms with Crippen LogP contribution in [0, 0.1) is 17.8 Å². The molecule has 1 heterocycles. The SMILES string of the molecule is C=C[C@H]1CCC[C@H](Cc2ncccn2)[C@@H]1C. The van der Waals surface area contributed by atoms with Gasteiger partial charge in [0, 0.05) is 18.8 Å². The number of aromatic nitrogens is 2. The number of rotatable bonds is 3. The van der Waals surface area contributed by atoms with Crippen LogP contribution in [0.3, 0.4) is 0 Å². The van der Waals surface area contributed by atoms with Crippen LogP contribution in [-0.4, -0.2) is 9.97 Å². The van der Waals surface area contributed by atoms with Gasteiger partial charge >= 0.3 is 0 Å². The van der Waals surface area contributed by atoms with Crippen LogP contribution in [0.2, 0.25) is 0 Å². The molecule has 1 aliphatic rings. The summed E-state index contributed by atoms with van der Waals surface area (Å²) >= 11 is 0. The van der Waals surface area contributed by atoms with Crippen molar-refractivity contribution in [3.63, 3.8) is 0 Å². The summed E-state index contributed by atoms with van der Waals surface area (Å²) in [6.07, 6.45) is 10.7. The average Bonchev–Trinajstić information content (AvgIpc) is 2.33. The third kappa shape index (κ3) is 2.49. The zero-order valence-corrected chi connectivity index (χ0v) is 9.97. The third-order valence-corrected chi connectivity index (χ3v) is 3.90. The molecule has 2 nitrogen and oxygen atoms in total. The molecule has 16 heavy (non-hydrogen) atoms. The molecule has 1 aliphatic carbocycles. The standard InChI is InChI=1S/C14H20N2/c1-3-12-6-4-7-13(11(12)2)10-14-15-8-5-9-16-14/h3,5,8-9,11-13H,1,4,6-7,10H2,2H3/t11-,12+,13-/m1/s1. The van der Waals surface area contributed by atoms with E-state index in [1.54, 1.807) is 0 Å². The first-order valence-electron chi connectivity index (χ1n) is 6.19. The fourth-order valence-electron chi connectivity index (χ4n) is 2.78. The summed E-state index contributed by atoms with van der Waals surface area (Å²) in [6.45, 7) is 6.29. The van der Waals surface area contributed by atoms with Crippen molar-refractivity contribution >= 4 is 0 Å². The summed E-state index contributed by atoms with van der Waals surface area (Å²) in [5, 5.41) is 0. The highest BCUT2D eigenvalue weighted by Gasteiger charge is 2.28. The first-order valence-corrected chi connectivity index (χ1v) is 6.19. The molecule has 1 fully saturated rings. The lowest BCUT2D eigenvalue weighted by molar-refractivity contribution is 0.199. The molecule has 86 valence electrons. The van der Waals surface area contributed by atoms with E-state index in [0.717, 1.165) is 24.1 Å². The summed E-state index contributed by atoms with van der Waals surface area (Å²) in [7, 11) is 0. The van der Waals surface area contributed by atoms with E-state index in [4.69, 9.17) is 0 Å². The van der Waals surface area contributed by atoms with Gasteiger partial charge in [-0.15, -0.1) is 6.58 Å². The number of hydrogen-bond acceptors (Lipinski definition) is 2. The van der Waals surface area contributed by atoms with Gasteiger partial charge in [-0.2, -0.15) is 0 Å². The molecule has 3 atom stereocenters. The van der Waals surface area contributed by atoms with Gasteiger partial charge in [-0.3, -0.25) is 0 Å². The van der Waals surface area contributed by atoms with Gasteiger partial charge in [0.15, 0.2) is 0 Å². The first-order chi connectivity index (χ1) is 7.81. The van der Waals surface area contributed by atoms with Crippen LogP contribution in [0.1, 0.15) is 32.0 Å². The van der Waals surface area contributed by atoms with Crippen LogP contribution in [-0.2, 0) is 6.42 Å². The Balaban J connectivity index is 2.01. The molecular formula is C14H20N2. The molecule has 0 radical (unpaired) electrons. The molecule has 1 saturated carbocycles. The van der Waals surface area contributed by atoms with E-state index in [9.17, 15) is 0 Å². The van der Waals surface area contributed by atoms with Gasteiger partial charge < -0.3 is 0 Å². The second kappa shape index (κ2) is 5.24. The van der Waals surface area contributed by atoms with Crippen molar-refractivity contribution in [3.05, 3.63) is 36.9 Å². The molecule has 0 unspecified atom stereocenters. The van der Waals surface area contributed by atoms with Gasteiger partial charge in [0.25, 0.3) is 0 Å². The summed E-state index contributed by atoms with van der Waals surface area (Å²) in [4.78, 5) is 8.64. The molecule has 0 N–H and O–H groups in total. The summed E-state index contributed by atoms with van der Waals surface area (Å²) in [5.41, 5.74) is 0. The molecule has 0 amide bonds. The van der Waals surface area contributed by atoms with Gasteiger partial charge in [-0.1, -0.05) is 19.4 Å². The van der Waals surface area contributed by atoms with Crippen LogP contribution >= 0.6 is 0 Å². The predicted octanol–water partition coefficient (Wildman–Crippen LogP) is 3.26. The topological polar surface area (TPSA) is 25.8 Å². The second-order valence-electron chi connectivity index (χ2n) is 4.82. The maximum Gasteiger partial charge on any atom is 0.128 e. The lowest BCUT2D eigenvalue weighted by Crippen LogP contribution is -2.26. The van der Waals surface area contributed by atoms with Crippen molar-refractivity contribution in [2.24, 2.45) is 17.8 Å². The lowest BCUT2D eigenvalue weighted by Gasteiger charge is -2.34. The Bertz CT molecular complexity index is 334. The van der Waals surface area contributed by atoms with Crippen LogP contribution in [0.15, 0.2) is 31.1 Å². The highest BCUT2D eigenvalue weighted by Crippen LogP contribution is 2.36. The van der Waals surface area contributed by atoms with Crippen molar-refractivity contribution in [2.75, 3.05) is 0 Å². The molecule has 0 aliphatic heterocycles. The predicted molar refractivity (Wildman–Crippen MR) is 65.9 cm³/mol. The molecule has 0 aromatic carbocycles. The molecule has 1 aromatic rings. The van der Waals surface area contributed by atoms with E-state index in [-0.39, 0.29) is 0 Å². The van der Waals surface area contributed by atoms with Crippen molar-refractivity contribution in [1.29, 1.82) is 0 Å². The molecule has 2 heteroatoms. The van der Waals surface area contributed by atoms with Crippen LogP contribution in [0.4, 0.5) is 0 Å². The maximum absolute atomic E-state index is 4.32. The summed E-state index contributed by atoms with van der Waals surface area (Å²) in [6, 6.07) is 1.88. The Morgan fingerprint density at radius 1 is 1.38 bits per heavy atom. The molecular weight excluding hydrogens is 196 g/mol. The van der Waals surface area contributed by atoms with Gasteiger partial charge in [-0.25, -0.2) is 9.97 Å². The van der Waals surface area contributed by atoms with E-state index in [1.165, 1.54) is 19.3 Å². The smallest absolute Gasteiger partial charge is 0.128 e. The average molecular weight is 216 g/mol. The minimum absolute atomic E-state index is 0.683. The highest BCUT2D eigenvalue weighted by atomic mass is 14.8. The van der Waals surface area contributed by atoms with Crippen molar-refractivity contribution < 1.29 is 0 Å². The minimum Gasteiger partial charge on any atom is -0.241 e. The van der Waals surface area contributed by atoms with Gasteiger partial charge in [0.2, 0.25) is 0 Å². The zero-order valence-electron chi connectivity index (χ0n) is 9.97. The first kappa shape index (κ1) is 11.3. The van der Waals surface area contributed by atoms with E-state index in [1.807, 2.05) is 18.5 Å². The number of allylic oxidation sites excluding steroid dienone is 1. The molecule has 1 aromatic heterocycles. The summed E-state index contributed by atoms with van der Waals surface area (Å²) in [5.74, 6) is 3.11. The van der Waals surface area contributed by atoms with E-state index in [0.29, 0.717) is 5.92 Å². The monoisotopic (exact) mass is 216 g/mol. The zero-order chi connectivity index (χ0) is 11.4. The van der Waals surface area contributed by atoms with Crippen molar-refractivity contribution in [3.8, 4) is 0 Å². The largest absolute Gasteiger partial charge is 0.241 e. The molecule has 2 rings (SSSR count). The van der Waals surface area contributed by atoms with Crippen molar-refractivity contribution in [2.45, 2.75) is 32.6 Å². The fraction of sp³-hybridized carbons (Fsp3) is 0.571. The Morgan fingerprint density at radius 2 is 2.12 bits per heavy atom. The Labute approximate surface area is 97.8 Å². The Kier molecular flexibility index (Phi) is 3.70.